The number of benzene rings is 1. The Hall–Kier alpha value is -1.68. The fourth-order valence-corrected chi connectivity index (χ4v) is 4.81. The lowest BCUT2D eigenvalue weighted by molar-refractivity contribution is 0.520. The first-order valence-electron chi connectivity index (χ1n) is 12.6. The standard InChI is InChI=1S/C24H36Br2N8/c25-17-9-5-1-3-7-11-19-33-23(27-29-31-33)21-13-15-22(16-14-21)24-28-30-32-34(24)20-12-8-4-2-6-10-18-26/h13-16H,1-12,17-20H2. The minimum Gasteiger partial charge on any atom is -0.225 e. The van der Waals surface area contributed by atoms with Crippen LogP contribution in [-0.4, -0.2) is 51.1 Å². The van der Waals surface area contributed by atoms with Crippen LogP contribution in [0.5, 0.6) is 0 Å². The molecule has 0 fully saturated rings. The van der Waals surface area contributed by atoms with Crippen LogP contribution in [0.25, 0.3) is 22.8 Å². The maximum Gasteiger partial charge on any atom is 0.182 e. The number of halogens is 2. The van der Waals surface area contributed by atoms with Crippen LogP contribution in [-0.2, 0) is 13.1 Å². The highest BCUT2D eigenvalue weighted by Crippen LogP contribution is 2.22. The van der Waals surface area contributed by atoms with Crippen LogP contribution in [0.15, 0.2) is 24.3 Å². The van der Waals surface area contributed by atoms with Crippen LogP contribution in [0.4, 0.5) is 0 Å². The second-order valence-electron chi connectivity index (χ2n) is 8.65. The minimum atomic E-state index is 0.810. The molecule has 186 valence electrons. The van der Waals surface area contributed by atoms with Crippen molar-refractivity contribution in [3.63, 3.8) is 0 Å². The Morgan fingerprint density at radius 3 is 1.24 bits per heavy atom. The van der Waals surface area contributed by atoms with E-state index in [9.17, 15) is 0 Å². The molecule has 0 bridgehead atoms. The predicted molar refractivity (Wildman–Crippen MR) is 143 cm³/mol. The van der Waals surface area contributed by atoms with Gasteiger partial charge in [-0.1, -0.05) is 107 Å². The summed E-state index contributed by atoms with van der Waals surface area (Å²) in [4.78, 5) is 0. The highest BCUT2D eigenvalue weighted by atomic mass is 79.9. The smallest absolute Gasteiger partial charge is 0.182 e. The zero-order valence-electron chi connectivity index (χ0n) is 20.0. The summed E-state index contributed by atoms with van der Waals surface area (Å²) < 4.78 is 3.82. The van der Waals surface area contributed by atoms with Gasteiger partial charge in [-0.05, 0) is 46.5 Å². The van der Waals surface area contributed by atoms with Crippen LogP contribution in [0, 0.1) is 0 Å². The molecule has 3 rings (SSSR count). The normalized spacial score (nSPS) is 11.4. The Balaban J connectivity index is 1.49. The largest absolute Gasteiger partial charge is 0.225 e. The summed E-state index contributed by atoms with van der Waals surface area (Å²) >= 11 is 6.98. The van der Waals surface area contributed by atoms with Crippen LogP contribution in [0.1, 0.15) is 77.0 Å². The molecule has 34 heavy (non-hydrogen) atoms. The molecule has 0 N–H and O–H groups in total. The lowest BCUT2D eigenvalue weighted by Crippen LogP contribution is -2.04. The van der Waals surface area contributed by atoms with E-state index in [4.69, 9.17) is 0 Å². The van der Waals surface area contributed by atoms with Gasteiger partial charge >= 0.3 is 0 Å². The van der Waals surface area contributed by atoms with Crippen molar-refractivity contribution in [1.82, 2.24) is 40.4 Å². The molecule has 10 heteroatoms. The maximum atomic E-state index is 4.26. The number of aryl methyl sites for hydroxylation is 2. The van der Waals surface area contributed by atoms with Gasteiger partial charge in [0.2, 0.25) is 0 Å². The summed E-state index contributed by atoms with van der Waals surface area (Å²) in [6.45, 7) is 1.69. The Morgan fingerprint density at radius 2 is 0.853 bits per heavy atom. The van der Waals surface area contributed by atoms with Crippen LogP contribution >= 0.6 is 31.9 Å². The second kappa shape index (κ2) is 16.1. The lowest BCUT2D eigenvalue weighted by atomic mass is 10.1. The summed E-state index contributed by atoms with van der Waals surface area (Å²) in [6.07, 6.45) is 14.9. The average molecular weight is 596 g/mol. The zero-order valence-corrected chi connectivity index (χ0v) is 23.1. The first kappa shape index (κ1) is 26.9. The van der Waals surface area contributed by atoms with Gasteiger partial charge in [-0.25, -0.2) is 9.36 Å². The van der Waals surface area contributed by atoms with E-state index in [-0.39, 0.29) is 0 Å². The molecule has 3 aromatic rings. The minimum absolute atomic E-state index is 0.810. The predicted octanol–water partition coefficient (Wildman–Crippen LogP) is 6.46. The van der Waals surface area contributed by atoms with Gasteiger partial charge in [-0.2, -0.15) is 0 Å². The summed E-state index contributed by atoms with van der Waals surface area (Å²) in [5.74, 6) is 1.62. The van der Waals surface area contributed by atoms with E-state index in [1.165, 1.54) is 64.2 Å². The van der Waals surface area contributed by atoms with Crippen molar-refractivity contribution in [2.24, 2.45) is 0 Å². The highest BCUT2D eigenvalue weighted by molar-refractivity contribution is 9.09. The Morgan fingerprint density at radius 1 is 0.500 bits per heavy atom. The molecule has 0 saturated carbocycles. The highest BCUT2D eigenvalue weighted by Gasteiger charge is 2.12. The van der Waals surface area contributed by atoms with Gasteiger partial charge in [0.05, 0.1) is 0 Å². The Kier molecular flexibility index (Phi) is 12.7. The van der Waals surface area contributed by atoms with Gasteiger partial charge in [-0.15, -0.1) is 10.2 Å². The zero-order chi connectivity index (χ0) is 23.8. The van der Waals surface area contributed by atoms with Crippen molar-refractivity contribution in [3.8, 4) is 22.8 Å². The monoisotopic (exact) mass is 594 g/mol. The number of aromatic nitrogens is 8. The quantitative estimate of drug-likeness (QED) is 0.124. The molecule has 0 saturated heterocycles. The first-order chi connectivity index (χ1) is 16.8. The molecule has 2 aromatic heterocycles. The van der Waals surface area contributed by atoms with Crippen LogP contribution < -0.4 is 0 Å². The van der Waals surface area contributed by atoms with Crippen LogP contribution in [0.2, 0.25) is 0 Å². The third-order valence-electron chi connectivity index (χ3n) is 5.97. The number of unbranched alkanes of at least 4 members (excludes halogenated alkanes) is 10. The summed E-state index contributed by atoms with van der Waals surface area (Å²) in [5.41, 5.74) is 2.02. The average Bonchev–Trinajstić information content (AvgIpc) is 3.53. The van der Waals surface area contributed by atoms with Gasteiger partial charge in [0.1, 0.15) is 0 Å². The molecular weight excluding hydrogens is 560 g/mol. The van der Waals surface area contributed by atoms with E-state index in [0.717, 1.165) is 59.4 Å². The number of hydrogen-bond donors (Lipinski definition) is 0. The molecule has 0 unspecified atom stereocenters. The summed E-state index contributed by atoms with van der Waals surface area (Å²) in [5, 5.41) is 27.0. The van der Waals surface area contributed by atoms with E-state index in [1.807, 2.05) is 9.36 Å². The summed E-state index contributed by atoms with van der Waals surface area (Å²) in [7, 11) is 0. The molecule has 0 atom stereocenters. The molecule has 0 radical (unpaired) electrons. The van der Waals surface area contributed by atoms with E-state index in [0.29, 0.717) is 0 Å². The first-order valence-corrected chi connectivity index (χ1v) is 14.8. The third kappa shape index (κ3) is 8.83. The maximum absolute atomic E-state index is 4.26. The van der Waals surface area contributed by atoms with E-state index >= 15 is 0 Å². The second-order valence-corrected chi connectivity index (χ2v) is 10.2. The molecule has 0 aliphatic rings. The molecule has 2 heterocycles. The van der Waals surface area contributed by atoms with Crippen molar-refractivity contribution >= 4 is 31.9 Å². The van der Waals surface area contributed by atoms with Crippen molar-refractivity contribution in [1.29, 1.82) is 0 Å². The topological polar surface area (TPSA) is 87.2 Å². The van der Waals surface area contributed by atoms with Crippen molar-refractivity contribution in [2.45, 2.75) is 90.1 Å². The van der Waals surface area contributed by atoms with E-state index in [1.54, 1.807) is 0 Å². The van der Waals surface area contributed by atoms with Crippen molar-refractivity contribution in [3.05, 3.63) is 24.3 Å². The van der Waals surface area contributed by atoms with E-state index < -0.39 is 0 Å². The molecule has 0 aliphatic carbocycles. The number of hydrogen-bond acceptors (Lipinski definition) is 6. The fourth-order valence-electron chi connectivity index (χ4n) is 4.02. The molecule has 1 aromatic carbocycles. The molecule has 8 nitrogen and oxygen atoms in total. The van der Waals surface area contributed by atoms with Crippen LogP contribution in [0.3, 0.4) is 0 Å². The molecule has 0 spiro atoms. The molecule has 0 aliphatic heterocycles. The van der Waals surface area contributed by atoms with E-state index in [2.05, 4.69) is 87.2 Å². The number of tetrazole rings is 2. The fraction of sp³-hybridized carbons (Fsp3) is 0.667. The third-order valence-corrected chi connectivity index (χ3v) is 7.09. The Bertz CT molecular complexity index is 850. The van der Waals surface area contributed by atoms with Crippen molar-refractivity contribution in [2.75, 3.05) is 10.7 Å². The number of alkyl halides is 2. The lowest BCUT2D eigenvalue weighted by Gasteiger charge is -2.07. The van der Waals surface area contributed by atoms with Gasteiger partial charge in [-0.3, -0.25) is 0 Å². The van der Waals surface area contributed by atoms with Crippen molar-refractivity contribution < 1.29 is 0 Å². The molecule has 0 amide bonds. The number of rotatable bonds is 18. The number of nitrogens with zero attached hydrogens (tertiary/aromatic N) is 8. The Labute approximate surface area is 219 Å². The molecular formula is C24H36Br2N8. The summed E-state index contributed by atoms with van der Waals surface area (Å²) in [6, 6.07) is 8.22. The SMILES string of the molecule is BrCCCCCCCCn1nnnc1-c1ccc(-c2nnnn2CCCCCCCCBr)cc1. The van der Waals surface area contributed by atoms with Gasteiger partial charge in [0, 0.05) is 34.9 Å². The van der Waals surface area contributed by atoms with Gasteiger partial charge < -0.3 is 0 Å². The van der Waals surface area contributed by atoms with Gasteiger partial charge in [0.15, 0.2) is 11.6 Å². The van der Waals surface area contributed by atoms with Gasteiger partial charge in [0.25, 0.3) is 0 Å².